The molecule has 2 aromatic rings. The fraction of sp³-hybridized carbons (Fsp3) is 0.286. The third kappa shape index (κ3) is 4.13. The first-order valence-corrected chi connectivity index (χ1v) is 6.56. The smallest absolute Gasteiger partial charge is 0.303 e. The minimum absolute atomic E-state index is 0.0121. The number of benzene rings is 1. The molecule has 0 spiro atoms. The molecule has 2 N–H and O–H groups in total. The maximum atomic E-state index is 12.0. The number of aliphatic carboxylic acids is 1. The van der Waals surface area contributed by atoms with Gasteiger partial charge in [0.25, 0.3) is 5.91 Å². The number of carbonyl (C=O) groups is 2. The van der Waals surface area contributed by atoms with E-state index in [0.29, 0.717) is 6.42 Å². The summed E-state index contributed by atoms with van der Waals surface area (Å²) in [4.78, 5) is 22.5. The highest BCUT2D eigenvalue weighted by molar-refractivity contribution is 5.92. The number of carboxylic acids is 1. The van der Waals surface area contributed by atoms with Gasteiger partial charge < -0.3 is 10.4 Å². The number of rotatable bonds is 6. The number of carbonyl (C=O) groups excluding carboxylic acids is 1. The van der Waals surface area contributed by atoms with Gasteiger partial charge in [0.15, 0.2) is 5.69 Å². The van der Waals surface area contributed by atoms with Gasteiger partial charge in [0.1, 0.15) is 0 Å². The first-order valence-electron chi connectivity index (χ1n) is 6.56. The van der Waals surface area contributed by atoms with Crippen LogP contribution in [0.2, 0.25) is 0 Å². The zero-order valence-corrected chi connectivity index (χ0v) is 11.6. The average Bonchev–Trinajstić information content (AvgIpc) is 2.96. The highest BCUT2D eigenvalue weighted by Crippen LogP contribution is 2.06. The number of para-hydroxylation sites is 1. The summed E-state index contributed by atoms with van der Waals surface area (Å²) >= 11 is 0. The molecule has 0 fully saturated rings. The molecule has 0 radical (unpaired) electrons. The highest BCUT2D eigenvalue weighted by Gasteiger charge is 2.14. The van der Waals surface area contributed by atoms with Crippen molar-refractivity contribution < 1.29 is 14.7 Å². The fourth-order valence-corrected chi connectivity index (χ4v) is 1.78. The van der Waals surface area contributed by atoms with Crippen molar-refractivity contribution in [1.82, 2.24) is 20.3 Å². The molecular weight excluding hydrogens is 272 g/mol. The quantitative estimate of drug-likeness (QED) is 0.833. The van der Waals surface area contributed by atoms with E-state index in [0.717, 1.165) is 5.69 Å². The van der Waals surface area contributed by atoms with Crippen LogP contribution in [0.5, 0.6) is 0 Å². The summed E-state index contributed by atoms with van der Waals surface area (Å²) < 4.78 is 1.51. The molecular formula is C14H16N4O3. The largest absolute Gasteiger partial charge is 0.481 e. The van der Waals surface area contributed by atoms with Crippen molar-refractivity contribution in [2.45, 2.75) is 25.8 Å². The maximum Gasteiger partial charge on any atom is 0.303 e. The molecule has 0 aliphatic carbocycles. The molecule has 2 rings (SSSR count). The first kappa shape index (κ1) is 14.7. The van der Waals surface area contributed by atoms with Gasteiger partial charge >= 0.3 is 5.97 Å². The van der Waals surface area contributed by atoms with Crippen LogP contribution in [0.15, 0.2) is 36.5 Å². The normalized spacial score (nSPS) is 11.9. The fourth-order valence-electron chi connectivity index (χ4n) is 1.78. The second-order valence-electron chi connectivity index (χ2n) is 4.69. The molecule has 7 nitrogen and oxygen atoms in total. The van der Waals surface area contributed by atoms with Crippen molar-refractivity contribution in [2.75, 3.05) is 0 Å². The van der Waals surface area contributed by atoms with Gasteiger partial charge in [-0.25, -0.2) is 4.68 Å². The number of amides is 1. The third-order valence-electron chi connectivity index (χ3n) is 2.92. The molecule has 1 aromatic heterocycles. The molecule has 1 aromatic carbocycles. The van der Waals surface area contributed by atoms with E-state index in [9.17, 15) is 9.59 Å². The van der Waals surface area contributed by atoms with Gasteiger partial charge in [-0.2, -0.15) is 0 Å². The number of nitrogens with one attached hydrogen (secondary N) is 1. The molecule has 1 heterocycles. The highest BCUT2D eigenvalue weighted by atomic mass is 16.4. The van der Waals surface area contributed by atoms with Crippen LogP contribution in [-0.2, 0) is 4.79 Å². The van der Waals surface area contributed by atoms with Gasteiger partial charge in [-0.3, -0.25) is 9.59 Å². The lowest BCUT2D eigenvalue weighted by molar-refractivity contribution is -0.137. The summed E-state index contributed by atoms with van der Waals surface area (Å²) in [6.07, 6.45) is 1.92. The van der Waals surface area contributed by atoms with Crippen molar-refractivity contribution in [1.29, 1.82) is 0 Å². The lowest BCUT2D eigenvalue weighted by Crippen LogP contribution is -2.33. The van der Waals surface area contributed by atoms with Crippen molar-refractivity contribution in [3.8, 4) is 5.69 Å². The van der Waals surface area contributed by atoms with Crippen molar-refractivity contribution in [3.05, 3.63) is 42.2 Å². The topological polar surface area (TPSA) is 97.1 Å². The van der Waals surface area contributed by atoms with Gasteiger partial charge in [-0.05, 0) is 25.5 Å². The van der Waals surface area contributed by atoms with E-state index >= 15 is 0 Å². The molecule has 0 saturated heterocycles. The minimum atomic E-state index is -0.883. The Morgan fingerprint density at radius 1 is 1.33 bits per heavy atom. The molecule has 7 heteroatoms. The number of aromatic nitrogens is 3. The van der Waals surface area contributed by atoms with E-state index < -0.39 is 5.97 Å². The second kappa shape index (κ2) is 6.65. The molecule has 1 atom stereocenters. The summed E-state index contributed by atoms with van der Waals surface area (Å²) in [5, 5.41) is 19.0. The Morgan fingerprint density at radius 2 is 2.05 bits per heavy atom. The van der Waals surface area contributed by atoms with Crippen LogP contribution in [0, 0.1) is 0 Å². The third-order valence-corrected chi connectivity index (χ3v) is 2.92. The van der Waals surface area contributed by atoms with E-state index in [-0.39, 0.29) is 24.1 Å². The zero-order valence-electron chi connectivity index (χ0n) is 11.6. The van der Waals surface area contributed by atoms with Crippen LogP contribution < -0.4 is 5.32 Å². The Kier molecular flexibility index (Phi) is 4.65. The molecule has 21 heavy (non-hydrogen) atoms. The zero-order chi connectivity index (χ0) is 15.2. The SMILES string of the molecule is CC(CCC(=O)O)NC(=O)c1cn(-c2ccccc2)nn1. The van der Waals surface area contributed by atoms with E-state index in [1.165, 1.54) is 10.9 Å². The number of hydrogen-bond donors (Lipinski definition) is 2. The molecule has 110 valence electrons. The average molecular weight is 288 g/mol. The molecule has 0 saturated carbocycles. The summed E-state index contributed by atoms with van der Waals surface area (Å²) in [5.74, 6) is -1.25. The second-order valence-corrected chi connectivity index (χ2v) is 4.69. The predicted octanol–water partition coefficient (Wildman–Crippen LogP) is 1.25. The number of hydrogen-bond acceptors (Lipinski definition) is 4. The number of nitrogens with zero attached hydrogens (tertiary/aromatic N) is 3. The van der Waals surface area contributed by atoms with Gasteiger partial charge in [0, 0.05) is 12.5 Å². The Balaban J connectivity index is 1.98. The van der Waals surface area contributed by atoms with E-state index in [2.05, 4.69) is 15.6 Å². The minimum Gasteiger partial charge on any atom is -0.481 e. The van der Waals surface area contributed by atoms with E-state index in [1.54, 1.807) is 6.92 Å². The Hall–Kier alpha value is -2.70. The summed E-state index contributed by atoms with van der Waals surface area (Å²) in [5.41, 5.74) is 1.00. The van der Waals surface area contributed by atoms with Crippen LogP contribution in [0.1, 0.15) is 30.3 Å². The van der Waals surface area contributed by atoms with Crippen LogP contribution in [-0.4, -0.2) is 38.0 Å². The van der Waals surface area contributed by atoms with Crippen LogP contribution in [0.25, 0.3) is 5.69 Å². The van der Waals surface area contributed by atoms with Crippen LogP contribution in [0.3, 0.4) is 0 Å². The van der Waals surface area contributed by atoms with Gasteiger partial charge in [-0.1, -0.05) is 23.4 Å². The van der Waals surface area contributed by atoms with Gasteiger partial charge in [-0.15, -0.1) is 5.10 Å². The molecule has 0 aliphatic heterocycles. The monoisotopic (exact) mass is 288 g/mol. The Bertz CT molecular complexity index is 624. The van der Waals surface area contributed by atoms with Gasteiger partial charge in [0.05, 0.1) is 11.9 Å². The van der Waals surface area contributed by atoms with Crippen molar-refractivity contribution >= 4 is 11.9 Å². The maximum absolute atomic E-state index is 12.0. The van der Waals surface area contributed by atoms with E-state index in [1.807, 2.05) is 30.3 Å². The van der Waals surface area contributed by atoms with E-state index in [4.69, 9.17) is 5.11 Å². The van der Waals surface area contributed by atoms with Crippen molar-refractivity contribution in [3.63, 3.8) is 0 Å². The standard InChI is InChI=1S/C14H16N4O3/c1-10(7-8-13(19)20)15-14(21)12-9-18(17-16-12)11-5-3-2-4-6-11/h2-6,9-10H,7-8H2,1H3,(H,15,21)(H,19,20). The molecule has 0 aliphatic rings. The Labute approximate surface area is 121 Å². The van der Waals surface area contributed by atoms with Crippen molar-refractivity contribution in [2.24, 2.45) is 0 Å². The molecule has 1 amide bonds. The van der Waals surface area contributed by atoms with Crippen LogP contribution >= 0.6 is 0 Å². The van der Waals surface area contributed by atoms with Gasteiger partial charge in [0.2, 0.25) is 0 Å². The lowest BCUT2D eigenvalue weighted by Gasteiger charge is -2.10. The molecule has 0 bridgehead atoms. The summed E-state index contributed by atoms with van der Waals surface area (Å²) in [6, 6.07) is 9.08. The summed E-state index contributed by atoms with van der Waals surface area (Å²) in [7, 11) is 0. The lowest BCUT2D eigenvalue weighted by atomic mass is 10.2. The van der Waals surface area contributed by atoms with Crippen LogP contribution in [0.4, 0.5) is 0 Å². The first-order chi connectivity index (χ1) is 10.1. The number of carboxylic acid groups (broad SMARTS) is 1. The molecule has 1 unspecified atom stereocenters. The predicted molar refractivity (Wildman–Crippen MR) is 75.2 cm³/mol. The Morgan fingerprint density at radius 3 is 2.71 bits per heavy atom. The summed E-state index contributed by atoms with van der Waals surface area (Å²) in [6.45, 7) is 1.75.